The largest absolute Gasteiger partial charge is 0.389 e. The van der Waals surface area contributed by atoms with Gasteiger partial charge >= 0.3 is 0 Å². The molecule has 3 nitrogen and oxygen atoms in total. The first-order valence-corrected chi connectivity index (χ1v) is 7.08. The molecule has 1 aliphatic rings. The number of aliphatic hydroxyl groups is 1. The maximum atomic E-state index is 9.73. The minimum atomic E-state index is -0.371. The third-order valence-electron chi connectivity index (χ3n) is 3.18. The molecule has 2 atom stereocenters. The van der Waals surface area contributed by atoms with Crippen molar-refractivity contribution in [1.29, 1.82) is 0 Å². The molecule has 0 aromatic rings. The lowest BCUT2D eigenvalue weighted by atomic mass is 10.1. The van der Waals surface area contributed by atoms with Gasteiger partial charge in [0, 0.05) is 6.54 Å². The van der Waals surface area contributed by atoms with Gasteiger partial charge in [-0.05, 0) is 38.1 Å². The fourth-order valence-electron chi connectivity index (χ4n) is 2.05. The molecule has 0 aromatic heterocycles. The van der Waals surface area contributed by atoms with E-state index in [0.717, 1.165) is 18.9 Å². The molecule has 0 heterocycles. The second-order valence-electron chi connectivity index (χ2n) is 5.86. The van der Waals surface area contributed by atoms with Crippen LogP contribution in [0.1, 0.15) is 46.5 Å². The lowest BCUT2D eigenvalue weighted by molar-refractivity contribution is -0.00845. The number of ether oxygens (including phenoxy) is 1. The highest BCUT2D eigenvalue weighted by molar-refractivity contribution is 4.74. The van der Waals surface area contributed by atoms with E-state index in [4.69, 9.17) is 4.74 Å². The van der Waals surface area contributed by atoms with Crippen molar-refractivity contribution in [3.05, 3.63) is 0 Å². The van der Waals surface area contributed by atoms with E-state index in [1.165, 1.54) is 19.3 Å². The van der Waals surface area contributed by atoms with Crippen LogP contribution in [0.3, 0.4) is 0 Å². The number of hydrogen-bond acceptors (Lipinski definition) is 3. The van der Waals surface area contributed by atoms with E-state index in [0.29, 0.717) is 19.1 Å². The molecule has 0 saturated heterocycles. The Kier molecular flexibility index (Phi) is 7.09. The van der Waals surface area contributed by atoms with Gasteiger partial charge in [-0.3, -0.25) is 0 Å². The fourth-order valence-corrected chi connectivity index (χ4v) is 2.05. The zero-order chi connectivity index (χ0) is 12.7. The maximum Gasteiger partial charge on any atom is 0.0897 e. The number of hydrogen-bond donors (Lipinski definition) is 2. The van der Waals surface area contributed by atoms with Crippen molar-refractivity contribution >= 4 is 0 Å². The van der Waals surface area contributed by atoms with Gasteiger partial charge in [-0.15, -0.1) is 0 Å². The van der Waals surface area contributed by atoms with Crippen molar-refractivity contribution in [3.8, 4) is 0 Å². The van der Waals surface area contributed by atoms with Crippen LogP contribution in [-0.4, -0.2) is 37.0 Å². The van der Waals surface area contributed by atoms with Gasteiger partial charge in [0.15, 0.2) is 0 Å². The first-order valence-electron chi connectivity index (χ1n) is 7.08. The average Bonchev–Trinajstić information content (AvgIpc) is 3.04. The summed E-state index contributed by atoms with van der Waals surface area (Å²) in [6, 6.07) is 0. The van der Waals surface area contributed by atoms with Gasteiger partial charge in [-0.1, -0.05) is 26.7 Å². The van der Waals surface area contributed by atoms with E-state index in [1.807, 2.05) is 0 Å². The predicted octanol–water partition coefficient (Wildman–Crippen LogP) is 2.19. The van der Waals surface area contributed by atoms with E-state index in [-0.39, 0.29) is 12.2 Å². The van der Waals surface area contributed by atoms with Gasteiger partial charge in [0.2, 0.25) is 0 Å². The minimum Gasteiger partial charge on any atom is -0.389 e. The second-order valence-corrected chi connectivity index (χ2v) is 5.86. The first-order chi connectivity index (χ1) is 8.08. The van der Waals surface area contributed by atoms with Gasteiger partial charge in [0.05, 0.1) is 18.8 Å². The van der Waals surface area contributed by atoms with Crippen LogP contribution in [0.25, 0.3) is 0 Å². The third-order valence-corrected chi connectivity index (χ3v) is 3.18. The highest BCUT2D eigenvalue weighted by atomic mass is 16.5. The summed E-state index contributed by atoms with van der Waals surface area (Å²) in [5.41, 5.74) is 0. The van der Waals surface area contributed by atoms with E-state index in [2.05, 4.69) is 26.1 Å². The van der Waals surface area contributed by atoms with Crippen LogP contribution in [0.4, 0.5) is 0 Å². The first kappa shape index (κ1) is 14.9. The summed E-state index contributed by atoms with van der Waals surface area (Å²) in [5, 5.41) is 13.0. The summed E-state index contributed by atoms with van der Waals surface area (Å²) in [7, 11) is 0. The van der Waals surface area contributed by atoms with Crippen molar-refractivity contribution in [2.24, 2.45) is 11.8 Å². The van der Waals surface area contributed by atoms with Crippen molar-refractivity contribution in [2.75, 3.05) is 19.7 Å². The summed E-state index contributed by atoms with van der Waals surface area (Å²) in [5.74, 6) is 1.61. The molecule has 1 rings (SSSR count). The van der Waals surface area contributed by atoms with Crippen LogP contribution in [0.15, 0.2) is 0 Å². The molecule has 2 unspecified atom stereocenters. The molecule has 1 saturated carbocycles. The highest BCUT2D eigenvalue weighted by Crippen LogP contribution is 2.31. The van der Waals surface area contributed by atoms with Gasteiger partial charge in [0.25, 0.3) is 0 Å². The summed E-state index contributed by atoms with van der Waals surface area (Å²) in [6.45, 7) is 8.59. The van der Waals surface area contributed by atoms with E-state index in [9.17, 15) is 5.11 Å². The molecule has 0 radical (unpaired) electrons. The van der Waals surface area contributed by atoms with Crippen molar-refractivity contribution in [3.63, 3.8) is 0 Å². The maximum absolute atomic E-state index is 9.73. The average molecular weight is 243 g/mol. The Morgan fingerprint density at radius 1 is 1.29 bits per heavy atom. The minimum absolute atomic E-state index is 0.246. The smallest absolute Gasteiger partial charge is 0.0897 e. The Morgan fingerprint density at radius 3 is 2.59 bits per heavy atom. The van der Waals surface area contributed by atoms with E-state index >= 15 is 0 Å². The monoisotopic (exact) mass is 243 g/mol. The molecule has 1 fully saturated rings. The fraction of sp³-hybridized carbons (Fsp3) is 1.00. The predicted molar refractivity (Wildman–Crippen MR) is 71.1 cm³/mol. The Labute approximate surface area is 106 Å². The van der Waals surface area contributed by atoms with Gasteiger partial charge in [0.1, 0.15) is 0 Å². The number of nitrogens with one attached hydrogen (secondary N) is 1. The molecule has 3 heteroatoms. The Bertz CT molecular complexity index is 193. The quantitative estimate of drug-likeness (QED) is 0.578. The molecule has 0 bridgehead atoms. The molecule has 1 aliphatic carbocycles. The van der Waals surface area contributed by atoms with Gasteiger partial charge < -0.3 is 15.2 Å². The molecule has 0 aromatic carbocycles. The molecule has 17 heavy (non-hydrogen) atoms. The molecule has 0 spiro atoms. The zero-order valence-electron chi connectivity index (χ0n) is 11.6. The third kappa shape index (κ3) is 8.58. The van der Waals surface area contributed by atoms with Crippen molar-refractivity contribution < 1.29 is 9.84 Å². The van der Waals surface area contributed by atoms with E-state index in [1.54, 1.807) is 0 Å². The number of rotatable bonds is 10. The van der Waals surface area contributed by atoms with Crippen LogP contribution >= 0.6 is 0 Å². The van der Waals surface area contributed by atoms with Crippen LogP contribution in [-0.2, 0) is 4.74 Å². The lowest BCUT2D eigenvalue weighted by Crippen LogP contribution is -2.32. The molecular formula is C14H29NO2. The standard InChI is InChI=1S/C14H29NO2/c1-11(2)8-12(3)17-10-14(16)9-15-7-6-13-4-5-13/h11-16H,4-10H2,1-3H3. The highest BCUT2D eigenvalue weighted by Gasteiger charge is 2.20. The second kappa shape index (κ2) is 8.06. The van der Waals surface area contributed by atoms with Gasteiger partial charge in [-0.2, -0.15) is 0 Å². The topological polar surface area (TPSA) is 41.5 Å². The Balaban J connectivity index is 1.90. The van der Waals surface area contributed by atoms with Crippen molar-refractivity contribution in [2.45, 2.75) is 58.7 Å². The van der Waals surface area contributed by atoms with E-state index < -0.39 is 0 Å². The summed E-state index contributed by atoms with van der Waals surface area (Å²) in [4.78, 5) is 0. The Hall–Kier alpha value is -0.120. The van der Waals surface area contributed by atoms with Crippen LogP contribution < -0.4 is 5.32 Å². The molecule has 0 amide bonds. The van der Waals surface area contributed by atoms with Crippen LogP contribution in [0, 0.1) is 11.8 Å². The van der Waals surface area contributed by atoms with Gasteiger partial charge in [-0.25, -0.2) is 0 Å². The normalized spacial score (nSPS) is 19.6. The molecular weight excluding hydrogens is 214 g/mol. The van der Waals surface area contributed by atoms with Crippen molar-refractivity contribution in [1.82, 2.24) is 5.32 Å². The molecule has 2 N–H and O–H groups in total. The molecule has 102 valence electrons. The SMILES string of the molecule is CC(C)CC(C)OCC(O)CNCCC1CC1. The lowest BCUT2D eigenvalue weighted by Gasteiger charge is -2.18. The molecule has 0 aliphatic heterocycles. The number of aliphatic hydroxyl groups excluding tert-OH is 1. The zero-order valence-corrected chi connectivity index (χ0v) is 11.6. The van der Waals surface area contributed by atoms with Crippen LogP contribution in [0.2, 0.25) is 0 Å². The summed E-state index contributed by atoms with van der Waals surface area (Å²) in [6.07, 6.45) is 5.00. The Morgan fingerprint density at radius 2 is 2.00 bits per heavy atom. The summed E-state index contributed by atoms with van der Waals surface area (Å²) < 4.78 is 5.62. The summed E-state index contributed by atoms with van der Waals surface area (Å²) >= 11 is 0. The van der Waals surface area contributed by atoms with Crippen LogP contribution in [0.5, 0.6) is 0 Å².